The minimum Gasteiger partial charge on any atom is -0.215 e. The summed E-state index contributed by atoms with van der Waals surface area (Å²) in [5, 5.41) is 10.6. The quantitative estimate of drug-likeness (QED) is 0.488. The van der Waals surface area contributed by atoms with Crippen molar-refractivity contribution in [1.82, 2.24) is 4.31 Å². The number of hydrogen-bond donors (Lipinski definition) is 0. The predicted molar refractivity (Wildman–Crippen MR) is 33.8 cm³/mol. The second kappa shape index (κ2) is 2.27. The summed E-state index contributed by atoms with van der Waals surface area (Å²) in [4.78, 5) is 0. The van der Waals surface area contributed by atoms with Gasteiger partial charge in [0.05, 0.1) is 4.36 Å². The molecule has 1 aliphatic heterocycles. The molecule has 8 heavy (non-hydrogen) atoms. The summed E-state index contributed by atoms with van der Waals surface area (Å²) in [5.41, 5.74) is 0. The van der Waals surface area contributed by atoms with E-state index in [9.17, 15) is 5.11 Å². The maximum atomic E-state index is 10.6. The van der Waals surface area contributed by atoms with Gasteiger partial charge in [0.2, 0.25) is 0 Å². The van der Waals surface area contributed by atoms with E-state index in [0.717, 1.165) is 0 Å². The molecule has 0 fully saturated rings. The van der Waals surface area contributed by atoms with Crippen molar-refractivity contribution < 1.29 is 5.11 Å². The van der Waals surface area contributed by atoms with E-state index in [1.807, 2.05) is 0 Å². The minimum atomic E-state index is -0.757. The SMILES string of the molecule is CN1SC(Cl)=CC1[O]. The van der Waals surface area contributed by atoms with Gasteiger partial charge in [0, 0.05) is 7.05 Å². The van der Waals surface area contributed by atoms with Crippen LogP contribution in [0.25, 0.3) is 0 Å². The van der Waals surface area contributed by atoms with Crippen molar-refractivity contribution in [3.63, 3.8) is 0 Å². The lowest BCUT2D eigenvalue weighted by Crippen LogP contribution is -2.16. The van der Waals surface area contributed by atoms with Crippen molar-refractivity contribution in [2.75, 3.05) is 7.05 Å². The van der Waals surface area contributed by atoms with Crippen LogP contribution in [0, 0.1) is 0 Å². The third kappa shape index (κ3) is 1.17. The number of nitrogens with zero attached hydrogens (tertiary/aromatic N) is 1. The van der Waals surface area contributed by atoms with Crippen LogP contribution < -0.4 is 0 Å². The van der Waals surface area contributed by atoms with E-state index in [2.05, 4.69) is 0 Å². The number of halogens is 1. The molecule has 1 heterocycles. The molecule has 0 amide bonds. The van der Waals surface area contributed by atoms with E-state index < -0.39 is 6.23 Å². The lowest BCUT2D eigenvalue weighted by molar-refractivity contribution is 0.0602. The lowest BCUT2D eigenvalue weighted by Gasteiger charge is -2.06. The van der Waals surface area contributed by atoms with Crippen LogP contribution in [0.4, 0.5) is 0 Å². The van der Waals surface area contributed by atoms with Crippen molar-refractivity contribution in [2.45, 2.75) is 6.23 Å². The van der Waals surface area contributed by atoms with Gasteiger partial charge in [-0.1, -0.05) is 11.6 Å². The summed E-state index contributed by atoms with van der Waals surface area (Å²) >= 11 is 6.76. The Morgan fingerprint density at radius 2 is 2.62 bits per heavy atom. The fourth-order valence-corrected chi connectivity index (χ4v) is 1.49. The van der Waals surface area contributed by atoms with Gasteiger partial charge in [-0.15, -0.1) is 0 Å². The van der Waals surface area contributed by atoms with Gasteiger partial charge in [0.25, 0.3) is 0 Å². The monoisotopic (exact) mass is 150 g/mol. The van der Waals surface area contributed by atoms with E-state index in [1.54, 1.807) is 11.4 Å². The van der Waals surface area contributed by atoms with Crippen LogP contribution in [0.5, 0.6) is 0 Å². The molecular formula is C4H5ClNOS. The Morgan fingerprint density at radius 1 is 2.00 bits per heavy atom. The van der Waals surface area contributed by atoms with Crippen molar-refractivity contribution >= 4 is 23.5 Å². The van der Waals surface area contributed by atoms with Gasteiger partial charge >= 0.3 is 0 Å². The van der Waals surface area contributed by atoms with Crippen LogP contribution in [-0.2, 0) is 5.11 Å². The first kappa shape index (κ1) is 6.42. The summed E-state index contributed by atoms with van der Waals surface area (Å²) in [6, 6.07) is 0. The molecule has 1 atom stereocenters. The zero-order valence-corrected chi connectivity index (χ0v) is 5.87. The van der Waals surface area contributed by atoms with Crippen molar-refractivity contribution in [2.24, 2.45) is 0 Å². The van der Waals surface area contributed by atoms with Gasteiger partial charge < -0.3 is 0 Å². The van der Waals surface area contributed by atoms with E-state index in [4.69, 9.17) is 11.6 Å². The second-order valence-corrected chi connectivity index (χ2v) is 3.33. The zero-order chi connectivity index (χ0) is 6.15. The van der Waals surface area contributed by atoms with Crippen molar-refractivity contribution in [3.8, 4) is 0 Å². The predicted octanol–water partition coefficient (Wildman–Crippen LogP) is 1.42. The fourth-order valence-electron chi connectivity index (χ4n) is 0.437. The maximum Gasteiger partial charge on any atom is 0.176 e. The highest BCUT2D eigenvalue weighted by atomic mass is 35.5. The third-order valence-electron chi connectivity index (χ3n) is 0.863. The Morgan fingerprint density at radius 3 is 2.75 bits per heavy atom. The van der Waals surface area contributed by atoms with Crippen LogP contribution in [0.15, 0.2) is 10.4 Å². The highest BCUT2D eigenvalue weighted by Gasteiger charge is 2.19. The molecule has 0 saturated heterocycles. The smallest absolute Gasteiger partial charge is 0.176 e. The summed E-state index contributed by atoms with van der Waals surface area (Å²) in [6.45, 7) is 0. The molecule has 0 aliphatic carbocycles. The van der Waals surface area contributed by atoms with Gasteiger partial charge in [0.1, 0.15) is 0 Å². The van der Waals surface area contributed by atoms with E-state index >= 15 is 0 Å². The first-order valence-corrected chi connectivity index (χ1v) is 3.29. The van der Waals surface area contributed by atoms with Gasteiger partial charge in [0.15, 0.2) is 6.23 Å². The molecule has 1 unspecified atom stereocenters. The largest absolute Gasteiger partial charge is 0.215 e. The highest BCUT2D eigenvalue weighted by molar-refractivity contribution is 8.02. The molecule has 4 heteroatoms. The normalized spacial score (nSPS) is 30.9. The van der Waals surface area contributed by atoms with Crippen LogP contribution in [0.3, 0.4) is 0 Å². The minimum absolute atomic E-state index is 0.576. The number of likely N-dealkylation sites (N-methyl/N-ethyl adjacent to an activating group) is 1. The summed E-state index contributed by atoms with van der Waals surface area (Å²) < 4.78 is 2.13. The molecule has 0 aromatic rings. The Balaban J connectivity index is 2.56. The third-order valence-corrected chi connectivity index (χ3v) is 2.00. The van der Waals surface area contributed by atoms with Crippen LogP contribution in [0.1, 0.15) is 0 Å². The fraction of sp³-hybridized carbons (Fsp3) is 0.500. The van der Waals surface area contributed by atoms with Gasteiger partial charge in [-0.05, 0) is 18.0 Å². The van der Waals surface area contributed by atoms with E-state index in [0.29, 0.717) is 4.36 Å². The van der Waals surface area contributed by atoms with Gasteiger partial charge in [-0.2, -0.15) is 0 Å². The molecule has 0 spiro atoms. The molecule has 0 N–H and O–H groups in total. The van der Waals surface area contributed by atoms with Gasteiger partial charge in [-0.3, -0.25) is 0 Å². The Bertz CT molecular complexity index is 127. The molecule has 0 aromatic heterocycles. The Kier molecular flexibility index (Phi) is 1.82. The first-order valence-electron chi connectivity index (χ1n) is 2.14. The van der Waals surface area contributed by atoms with Crippen LogP contribution in [-0.4, -0.2) is 17.6 Å². The molecule has 45 valence electrons. The lowest BCUT2D eigenvalue weighted by atomic mass is 10.6. The van der Waals surface area contributed by atoms with Crippen molar-refractivity contribution in [3.05, 3.63) is 10.4 Å². The average Bonchev–Trinajstić information content (AvgIpc) is 1.85. The van der Waals surface area contributed by atoms with E-state index in [1.165, 1.54) is 18.0 Å². The summed E-state index contributed by atoms with van der Waals surface area (Å²) in [7, 11) is 1.72. The maximum absolute atomic E-state index is 10.6. The zero-order valence-electron chi connectivity index (χ0n) is 4.30. The molecule has 2 nitrogen and oxygen atoms in total. The standard InChI is InChI=1S/C4H5ClNOS/c1-6-4(7)2-3(5)8-6/h2,4H,1H3. The second-order valence-electron chi connectivity index (χ2n) is 1.50. The molecule has 0 bridgehead atoms. The average molecular weight is 151 g/mol. The molecule has 1 rings (SSSR count). The van der Waals surface area contributed by atoms with Gasteiger partial charge in [-0.25, -0.2) is 9.41 Å². The molecule has 1 aliphatic rings. The van der Waals surface area contributed by atoms with E-state index in [-0.39, 0.29) is 0 Å². The number of rotatable bonds is 0. The summed E-state index contributed by atoms with van der Waals surface area (Å²) in [6.07, 6.45) is 0.721. The van der Waals surface area contributed by atoms with Crippen LogP contribution >= 0.6 is 23.5 Å². The Hall–Kier alpha value is 0.300. The number of hydrogen-bond acceptors (Lipinski definition) is 2. The molecule has 0 aromatic carbocycles. The first-order chi connectivity index (χ1) is 3.70. The van der Waals surface area contributed by atoms with Crippen molar-refractivity contribution in [1.29, 1.82) is 0 Å². The Labute approximate surface area is 57.3 Å². The molecule has 1 radical (unpaired) electrons. The summed E-state index contributed by atoms with van der Waals surface area (Å²) in [5.74, 6) is 0. The molecule has 0 saturated carbocycles. The molecular weight excluding hydrogens is 146 g/mol. The highest BCUT2D eigenvalue weighted by Crippen LogP contribution is 2.31. The van der Waals surface area contributed by atoms with Crippen LogP contribution in [0.2, 0.25) is 0 Å². The topological polar surface area (TPSA) is 23.1 Å².